The summed E-state index contributed by atoms with van der Waals surface area (Å²) in [5.74, 6) is -0.0617. The van der Waals surface area contributed by atoms with Crippen molar-refractivity contribution in [3.05, 3.63) is 35.4 Å². The third-order valence-corrected chi connectivity index (χ3v) is 6.05. The molecule has 0 spiro atoms. The smallest absolute Gasteiger partial charge is 0.151 e. The van der Waals surface area contributed by atoms with Gasteiger partial charge in [-0.2, -0.15) is 0 Å². The maximum absolute atomic E-state index is 12.0. The predicted molar refractivity (Wildman–Crippen MR) is 80.6 cm³/mol. The fourth-order valence-electron chi connectivity index (χ4n) is 3.34. The largest absolute Gasteiger partial charge is 0.384 e. The second-order valence-electron chi connectivity index (χ2n) is 5.69. The minimum Gasteiger partial charge on any atom is -0.384 e. The summed E-state index contributed by atoms with van der Waals surface area (Å²) in [5, 5.41) is -0.438. The van der Waals surface area contributed by atoms with Gasteiger partial charge in [0.05, 0.1) is 11.9 Å². The molecule has 0 bridgehead atoms. The Morgan fingerprint density at radius 3 is 2.30 bits per heavy atom. The van der Waals surface area contributed by atoms with Crippen LogP contribution >= 0.6 is 0 Å². The summed E-state index contributed by atoms with van der Waals surface area (Å²) >= 11 is 0. The summed E-state index contributed by atoms with van der Waals surface area (Å²) in [6, 6.07) is 8.16. The van der Waals surface area contributed by atoms with Gasteiger partial charge in [0.25, 0.3) is 0 Å². The number of hydrogen-bond acceptors (Lipinski definition) is 4. The molecule has 112 valence electrons. The lowest BCUT2D eigenvalue weighted by Crippen LogP contribution is -2.28. The Balaban J connectivity index is 2.37. The molecule has 0 heterocycles. The van der Waals surface area contributed by atoms with Crippen LogP contribution in [0.4, 0.5) is 0 Å². The summed E-state index contributed by atoms with van der Waals surface area (Å²) in [7, 11) is -1.55. The van der Waals surface area contributed by atoms with Crippen molar-refractivity contribution in [3.8, 4) is 0 Å². The standard InChI is InChI=1S/C15H23NO3S/c1-4-11-5-7-12(8-6-11)13-14(20(3,17)18)15(13,9-16)10-19-2/h5-8,13-14H,4,9-10,16H2,1-3H3. The molecule has 0 aromatic heterocycles. The highest BCUT2D eigenvalue weighted by molar-refractivity contribution is 7.91. The van der Waals surface area contributed by atoms with Crippen molar-refractivity contribution in [2.24, 2.45) is 11.1 Å². The number of benzene rings is 1. The minimum atomic E-state index is -3.14. The monoisotopic (exact) mass is 297 g/mol. The zero-order chi connectivity index (χ0) is 15.0. The van der Waals surface area contributed by atoms with E-state index in [0.717, 1.165) is 12.0 Å². The van der Waals surface area contributed by atoms with Crippen molar-refractivity contribution in [2.45, 2.75) is 24.5 Å². The summed E-state index contributed by atoms with van der Waals surface area (Å²) in [6.07, 6.45) is 2.26. The van der Waals surface area contributed by atoms with E-state index in [2.05, 4.69) is 19.1 Å². The topological polar surface area (TPSA) is 69.4 Å². The molecular weight excluding hydrogens is 274 g/mol. The molecule has 1 aliphatic carbocycles. The maximum atomic E-state index is 12.0. The van der Waals surface area contributed by atoms with Gasteiger partial charge < -0.3 is 10.5 Å². The van der Waals surface area contributed by atoms with E-state index in [1.807, 2.05) is 12.1 Å². The van der Waals surface area contributed by atoms with Crippen LogP contribution in [0.15, 0.2) is 24.3 Å². The lowest BCUT2D eigenvalue weighted by molar-refractivity contribution is 0.142. The number of nitrogens with two attached hydrogens (primary N) is 1. The van der Waals surface area contributed by atoms with Gasteiger partial charge in [0, 0.05) is 31.2 Å². The second kappa shape index (κ2) is 5.47. The van der Waals surface area contributed by atoms with Gasteiger partial charge >= 0.3 is 0 Å². The first kappa shape index (κ1) is 15.5. The highest BCUT2D eigenvalue weighted by Gasteiger charge is 2.69. The van der Waals surface area contributed by atoms with Crippen LogP contribution in [0.1, 0.15) is 24.0 Å². The molecule has 2 rings (SSSR count). The van der Waals surface area contributed by atoms with Crippen LogP contribution in [-0.4, -0.2) is 40.2 Å². The Labute approximate surface area is 121 Å². The van der Waals surface area contributed by atoms with Gasteiger partial charge in [0.15, 0.2) is 9.84 Å². The third-order valence-electron chi connectivity index (χ3n) is 4.38. The molecule has 2 N–H and O–H groups in total. The molecule has 5 heteroatoms. The highest BCUT2D eigenvalue weighted by Crippen LogP contribution is 2.62. The zero-order valence-electron chi connectivity index (χ0n) is 12.3. The van der Waals surface area contributed by atoms with Crippen LogP contribution in [0.3, 0.4) is 0 Å². The number of aryl methyl sites for hydroxylation is 1. The van der Waals surface area contributed by atoms with E-state index >= 15 is 0 Å². The van der Waals surface area contributed by atoms with E-state index in [4.69, 9.17) is 10.5 Å². The Bertz CT molecular complexity index is 567. The van der Waals surface area contributed by atoms with E-state index in [0.29, 0.717) is 13.2 Å². The summed E-state index contributed by atoms with van der Waals surface area (Å²) in [5.41, 5.74) is 7.69. The normalized spacial score (nSPS) is 29.4. The van der Waals surface area contributed by atoms with Crippen molar-refractivity contribution < 1.29 is 13.2 Å². The average Bonchev–Trinajstić information content (AvgIpc) is 3.09. The van der Waals surface area contributed by atoms with E-state index in [1.54, 1.807) is 7.11 Å². The van der Waals surface area contributed by atoms with Crippen molar-refractivity contribution in [1.82, 2.24) is 0 Å². The molecule has 1 aliphatic rings. The van der Waals surface area contributed by atoms with Gasteiger partial charge in [0.1, 0.15) is 0 Å². The number of sulfone groups is 1. The number of hydrogen-bond donors (Lipinski definition) is 1. The fourth-order valence-corrected chi connectivity index (χ4v) is 5.34. The number of methoxy groups -OCH3 is 1. The predicted octanol–water partition coefficient (Wildman–Crippen LogP) is 1.35. The Hall–Kier alpha value is -0.910. The molecule has 4 nitrogen and oxygen atoms in total. The van der Waals surface area contributed by atoms with Crippen LogP contribution in [0.2, 0.25) is 0 Å². The minimum absolute atomic E-state index is 0.0617. The van der Waals surface area contributed by atoms with E-state index < -0.39 is 20.5 Å². The molecule has 0 amide bonds. The van der Waals surface area contributed by atoms with Gasteiger partial charge in [-0.1, -0.05) is 31.2 Å². The molecule has 1 saturated carbocycles. The molecule has 20 heavy (non-hydrogen) atoms. The lowest BCUT2D eigenvalue weighted by Gasteiger charge is -2.14. The van der Waals surface area contributed by atoms with Crippen LogP contribution < -0.4 is 5.73 Å². The van der Waals surface area contributed by atoms with Gasteiger partial charge in [-0.25, -0.2) is 8.42 Å². The average molecular weight is 297 g/mol. The van der Waals surface area contributed by atoms with Crippen molar-refractivity contribution >= 4 is 9.84 Å². The summed E-state index contributed by atoms with van der Waals surface area (Å²) in [6.45, 7) is 2.79. The van der Waals surface area contributed by atoms with E-state index in [-0.39, 0.29) is 5.92 Å². The number of rotatable bonds is 6. The third kappa shape index (κ3) is 2.50. The van der Waals surface area contributed by atoms with Gasteiger partial charge in [0.2, 0.25) is 0 Å². The van der Waals surface area contributed by atoms with Crippen LogP contribution in [0.25, 0.3) is 0 Å². The van der Waals surface area contributed by atoms with E-state index in [9.17, 15) is 8.42 Å². The summed E-state index contributed by atoms with van der Waals surface area (Å²) < 4.78 is 29.3. The first-order valence-electron chi connectivity index (χ1n) is 6.87. The molecule has 1 aromatic carbocycles. The molecule has 0 saturated heterocycles. The van der Waals surface area contributed by atoms with Crippen LogP contribution in [0.5, 0.6) is 0 Å². The van der Waals surface area contributed by atoms with Crippen LogP contribution in [-0.2, 0) is 21.0 Å². The van der Waals surface area contributed by atoms with E-state index in [1.165, 1.54) is 11.8 Å². The molecule has 0 aliphatic heterocycles. The molecule has 3 atom stereocenters. The van der Waals surface area contributed by atoms with Crippen LogP contribution in [0, 0.1) is 5.41 Å². The fraction of sp³-hybridized carbons (Fsp3) is 0.600. The lowest BCUT2D eigenvalue weighted by atomic mass is 9.99. The highest BCUT2D eigenvalue weighted by atomic mass is 32.2. The van der Waals surface area contributed by atoms with Crippen molar-refractivity contribution in [2.75, 3.05) is 26.5 Å². The maximum Gasteiger partial charge on any atom is 0.151 e. The van der Waals surface area contributed by atoms with Crippen molar-refractivity contribution in [3.63, 3.8) is 0 Å². The molecule has 3 unspecified atom stereocenters. The van der Waals surface area contributed by atoms with Gasteiger partial charge in [-0.3, -0.25) is 0 Å². The zero-order valence-corrected chi connectivity index (χ0v) is 13.1. The Kier molecular flexibility index (Phi) is 4.23. The van der Waals surface area contributed by atoms with Gasteiger partial charge in [-0.15, -0.1) is 0 Å². The quantitative estimate of drug-likeness (QED) is 0.860. The van der Waals surface area contributed by atoms with Gasteiger partial charge in [-0.05, 0) is 17.5 Å². The molecule has 0 radical (unpaired) electrons. The molecular formula is C15H23NO3S. The first-order valence-corrected chi connectivity index (χ1v) is 8.83. The Morgan fingerprint density at radius 2 is 1.90 bits per heavy atom. The second-order valence-corrected chi connectivity index (χ2v) is 7.86. The molecule has 1 fully saturated rings. The SMILES string of the molecule is CCc1ccc(C2C(S(C)(=O)=O)C2(CN)COC)cc1. The molecule has 1 aromatic rings. The Morgan fingerprint density at radius 1 is 1.30 bits per heavy atom. The number of ether oxygens (including phenoxy) is 1. The van der Waals surface area contributed by atoms with Crippen molar-refractivity contribution in [1.29, 1.82) is 0 Å². The first-order chi connectivity index (χ1) is 9.40. The summed E-state index contributed by atoms with van der Waals surface area (Å²) in [4.78, 5) is 0.